The standard InChI is InChI=1S/C19H20N6O3/c1-12-8-15(22-28-12)18(26)20-9-16-17-11-24(10-14-6-4-3-5-7-14)19(27)13(2)25(17)23-21-16/h3-8,13H,9-11H2,1-2H3,(H,20,26). The first kappa shape index (κ1) is 17.9. The molecular weight excluding hydrogens is 360 g/mol. The monoisotopic (exact) mass is 380 g/mol. The van der Waals surface area contributed by atoms with Crippen LogP contribution in [0.25, 0.3) is 0 Å². The van der Waals surface area contributed by atoms with Crippen LogP contribution in [-0.2, 0) is 24.4 Å². The van der Waals surface area contributed by atoms with E-state index < -0.39 is 6.04 Å². The Hall–Kier alpha value is -3.49. The molecule has 0 radical (unpaired) electrons. The first-order valence-corrected chi connectivity index (χ1v) is 9.00. The molecule has 1 unspecified atom stereocenters. The number of aromatic nitrogens is 4. The summed E-state index contributed by atoms with van der Waals surface area (Å²) in [5.74, 6) is 0.213. The van der Waals surface area contributed by atoms with E-state index in [-0.39, 0.29) is 24.1 Å². The summed E-state index contributed by atoms with van der Waals surface area (Å²) in [5.41, 5.74) is 2.72. The molecule has 9 heteroatoms. The molecule has 2 amide bonds. The summed E-state index contributed by atoms with van der Waals surface area (Å²) >= 11 is 0. The van der Waals surface area contributed by atoms with Crippen molar-refractivity contribution in [2.45, 2.75) is 39.5 Å². The number of benzene rings is 1. The third kappa shape index (κ3) is 3.38. The van der Waals surface area contributed by atoms with Crippen molar-refractivity contribution in [1.82, 2.24) is 30.4 Å². The minimum atomic E-state index is -0.442. The van der Waals surface area contributed by atoms with E-state index in [1.165, 1.54) is 0 Å². The number of amides is 2. The van der Waals surface area contributed by atoms with Gasteiger partial charge >= 0.3 is 0 Å². The lowest BCUT2D eigenvalue weighted by Gasteiger charge is -2.31. The fourth-order valence-corrected chi connectivity index (χ4v) is 3.25. The SMILES string of the molecule is Cc1cc(C(=O)NCc2nnn3c2CN(Cc2ccccc2)C(=O)C3C)no1. The summed E-state index contributed by atoms with van der Waals surface area (Å²) in [6.45, 7) is 4.62. The Morgan fingerprint density at radius 2 is 2.11 bits per heavy atom. The molecule has 1 aliphatic heterocycles. The molecule has 1 aromatic carbocycles. The molecule has 4 rings (SSSR count). The van der Waals surface area contributed by atoms with Crippen LogP contribution in [0.5, 0.6) is 0 Å². The van der Waals surface area contributed by atoms with E-state index in [9.17, 15) is 9.59 Å². The Balaban J connectivity index is 1.50. The Kier molecular flexibility index (Phi) is 4.64. The molecule has 0 fully saturated rings. The van der Waals surface area contributed by atoms with Crippen LogP contribution in [0.2, 0.25) is 0 Å². The molecule has 3 heterocycles. The van der Waals surface area contributed by atoms with Crippen LogP contribution in [0.15, 0.2) is 40.9 Å². The molecule has 0 bridgehead atoms. The lowest BCUT2D eigenvalue weighted by molar-refractivity contribution is -0.138. The Bertz CT molecular complexity index is 1010. The molecule has 1 aliphatic rings. The molecule has 0 aliphatic carbocycles. The number of nitrogens with one attached hydrogen (secondary N) is 1. The maximum absolute atomic E-state index is 12.7. The van der Waals surface area contributed by atoms with Gasteiger partial charge in [0.05, 0.1) is 18.8 Å². The molecule has 9 nitrogen and oxygen atoms in total. The van der Waals surface area contributed by atoms with Crippen LogP contribution in [0.4, 0.5) is 0 Å². The van der Waals surface area contributed by atoms with E-state index in [0.29, 0.717) is 24.5 Å². The zero-order valence-corrected chi connectivity index (χ0v) is 15.6. The van der Waals surface area contributed by atoms with E-state index in [4.69, 9.17) is 4.52 Å². The van der Waals surface area contributed by atoms with Crippen molar-refractivity contribution < 1.29 is 14.1 Å². The van der Waals surface area contributed by atoms with Crippen LogP contribution >= 0.6 is 0 Å². The normalized spacial score (nSPS) is 16.1. The summed E-state index contributed by atoms with van der Waals surface area (Å²) in [4.78, 5) is 26.7. The fourth-order valence-electron chi connectivity index (χ4n) is 3.25. The highest BCUT2D eigenvalue weighted by atomic mass is 16.5. The molecule has 3 aromatic rings. The number of hydrogen-bond donors (Lipinski definition) is 1. The van der Waals surface area contributed by atoms with Crippen molar-refractivity contribution in [3.63, 3.8) is 0 Å². The highest BCUT2D eigenvalue weighted by Gasteiger charge is 2.33. The molecule has 1 atom stereocenters. The Morgan fingerprint density at radius 3 is 2.82 bits per heavy atom. The number of aryl methyl sites for hydroxylation is 1. The predicted molar refractivity (Wildman–Crippen MR) is 97.8 cm³/mol. The van der Waals surface area contributed by atoms with E-state index in [1.54, 1.807) is 29.5 Å². The van der Waals surface area contributed by atoms with Gasteiger partial charge in [0.2, 0.25) is 5.91 Å². The maximum atomic E-state index is 12.7. The lowest BCUT2D eigenvalue weighted by atomic mass is 10.1. The minimum absolute atomic E-state index is 0.00471. The second-order valence-corrected chi connectivity index (χ2v) is 6.79. The quantitative estimate of drug-likeness (QED) is 0.721. The second-order valence-electron chi connectivity index (χ2n) is 6.79. The molecule has 0 saturated carbocycles. The predicted octanol–water partition coefficient (Wildman–Crippen LogP) is 1.61. The molecule has 144 valence electrons. The highest BCUT2D eigenvalue weighted by Crippen LogP contribution is 2.24. The van der Waals surface area contributed by atoms with E-state index >= 15 is 0 Å². The van der Waals surface area contributed by atoms with Crippen molar-refractivity contribution in [3.8, 4) is 0 Å². The Morgan fingerprint density at radius 1 is 1.32 bits per heavy atom. The summed E-state index contributed by atoms with van der Waals surface area (Å²) in [7, 11) is 0. The average molecular weight is 380 g/mol. The summed E-state index contributed by atoms with van der Waals surface area (Å²) in [6.07, 6.45) is 0. The van der Waals surface area contributed by atoms with Gasteiger partial charge in [-0.25, -0.2) is 4.68 Å². The highest BCUT2D eigenvalue weighted by molar-refractivity contribution is 5.92. The number of nitrogens with zero attached hydrogens (tertiary/aromatic N) is 5. The van der Waals surface area contributed by atoms with Crippen LogP contribution in [0.1, 0.15) is 46.2 Å². The van der Waals surface area contributed by atoms with Gasteiger partial charge in [-0.05, 0) is 19.4 Å². The van der Waals surface area contributed by atoms with Gasteiger partial charge in [0.25, 0.3) is 5.91 Å². The zero-order chi connectivity index (χ0) is 19.7. The van der Waals surface area contributed by atoms with Gasteiger partial charge < -0.3 is 14.7 Å². The van der Waals surface area contributed by atoms with Crippen LogP contribution in [0, 0.1) is 6.92 Å². The van der Waals surface area contributed by atoms with Gasteiger partial charge in [-0.3, -0.25) is 9.59 Å². The van der Waals surface area contributed by atoms with Crippen LogP contribution in [0.3, 0.4) is 0 Å². The Labute approximate surface area is 161 Å². The minimum Gasteiger partial charge on any atom is -0.361 e. The molecule has 0 spiro atoms. The van der Waals surface area contributed by atoms with E-state index in [0.717, 1.165) is 11.3 Å². The van der Waals surface area contributed by atoms with E-state index in [2.05, 4.69) is 20.8 Å². The van der Waals surface area contributed by atoms with Crippen molar-refractivity contribution >= 4 is 11.8 Å². The summed E-state index contributed by atoms with van der Waals surface area (Å²) in [5, 5.41) is 14.8. The fraction of sp³-hybridized carbons (Fsp3) is 0.316. The van der Waals surface area contributed by atoms with Crippen molar-refractivity contribution in [2.75, 3.05) is 0 Å². The van der Waals surface area contributed by atoms with Crippen LogP contribution < -0.4 is 5.32 Å². The molecule has 1 N–H and O–H groups in total. The molecular formula is C19H20N6O3. The first-order valence-electron chi connectivity index (χ1n) is 9.00. The number of carbonyl (C=O) groups is 2. The summed E-state index contributed by atoms with van der Waals surface area (Å²) < 4.78 is 6.55. The molecule has 0 saturated heterocycles. The van der Waals surface area contributed by atoms with Crippen molar-refractivity contribution in [1.29, 1.82) is 0 Å². The third-order valence-electron chi connectivity index (χ3n) is 4.74. The van der Waals surface area contributed by atoms with Gasteiger partial charge in [-0.15, -0.1) is 5.10 Å². The topological polar surface area (TPSA) is 106 Å². The number of fused-ring (bicyclic) bond motifs is 1. The van der Waals surface area contributed by atoms with Gasteiger partial charge in [0.15, 0.2) is 5.69 Å². The lowest BCUT2D eigenvalue weighted by Crippen LogP contribution is -2.41. The number of hydrogen-bond acceptors (Lipinski definition) is 6. The maximum Gasteiger partial charge on any atom is 0.273 e. The zero-order valence-electron chi connectivity index (χ0n) is 15.6. The van der Waals surface area contributed by atoms with Gasteiger partial charge in [0.1, 0.15) is 17.5 Å². The van der Waals surface area contributed by atoms with Crippen molar-refractivity contribution in [2.24, 2.45) is 0 Å². The van der Waals surface area contributed by atoms with Gasteiger partial charge in [-0.2, -0.15) is 0 Å². The summed E-state index contributed by atoms with van der Waals surface area (Å²) in [6, 6.07) is 10.9. The van der Waals surface area contributed by atoms with Gasteiger partial charge in [-0.1, -0.05) is 40.7 Å². The van der Waals surface area contributed by atoms with Gasteiger partial charge in [0, 0.05) is 12.6 Å². The number of rotatable bonds is 5. The molecule has 2 aromatic heterocycles. The number of carbonyl (C=O) groups excluding carboxylic acids is 2. The molecule has 28 heavy (non-hydrogen) atoms. The average Bonchev–Trinajstić information content (AvgIpc) is 3.31. The third-order valence-corrected chi connectivity index (χ3v) is 4.74. The smallest absolute Gasteiger partial charge is 0.273 e. The second kappa shape index (κ2) is 7.26. The van der Waals surface area contributed by atoms with Crippen LogP contribution in [-0.4, -0.2) is 36.9 Å². The van der Waals surface area contributed by atoms with E-state index in [1.807, 2.05) is 30.3 Å². The first-order chi connectivity index (χ1) is 13.5. The largest absolute Gasteiger partial charge is 0.361 e. The van der Waals surface area contributed by atoms with Crippen molar-refractivity contribution in [3.05, 3.63) is 64.8 Å².